The summed E-state index contributed by atoms with van der Waals surface area (Å²) < 4.78 is 29.8. The number of hydrogen-bond acceptors (Lipinski definition) is 3. The number of benzene rings is 4. The molecule has 0 bridgehead atoms. The van der Waals surface area contributed by atoms with Crippen molar-refractivity contribution in [2.24, 2.45) is 0 Å². The Bertz CT molecular complexity index is 1510. The van der Waals surface area contributed by atoms with E-state index in [9.17, 15) is 13.2 Å². The van der Waals surface area contributed by atoms with Gasteiger partial charge in [0.1, 0.15) is 0 Å². The van der Waals surface area contributed by atoms with Gasteiger partial charge in [-0.15, -0.1) is 0 Å². The predicted molar refractivity (Wildman–Crippen MR) is 147 cm³/mol. The van der Waals surface area contributed by atoms with Gasteiger partial charge >= 0.3 is 0 Å². The molecule has 6 heteroatoms. The van der Waals surface area contributed by atoms with Crippen molar-refractivity contribution in [3.63, 3.8) is 0 Å². The second-order valence-corrected chi connectivity index (χ2v) is 10.8. The number of carbonyl (C=O) groups excluding carboxylic acids is 1. The van der Waals surface area contributed by atoms with Gasteiger partial charge in [-0.2, -0.15) is 0 Å². The van der Waals surface area contributed by atoms with Crippen LogP contribution in [0.1, 0.15) is 46.8 Å². The first kappa shape index (κ1) is 25.2. The first-order valence-electron chi connectivity index (χ1n) is 11.9. The Balaban J connectivity index is 1.70. The molecule has 0 saturated carbocycles. The zero-order valence-corrected chi connectivity index (χ0v) is 21.7. The van der Waals surface area contributed by atoms with E-state index in [1.165, 1.54) is 6.07 Å². The fraction of sp³-hybridized carbons (Fsp3) is 0.167. The van der Waals surface area contributed by atoms with E-state index in [0.29, 0.717) is 16.9 Å². The molecule has 0 aliphatic rings. The average Bonchev–Trinajstić information content (AvgIpc) is 2.86. The Kier molecular flexibility index (Phi) is 7.27. The van der Waals surface area contributed by atoms with Crippen molar-refractivity contribution >= 4 is 27.3 Å². The fourth-order valence-electron chi connectivity index (χ4n) is 4.09. The Morgan fingerprint density at radius 1 is 0.778 bits per heavy atom. The molecule has 1 amide bonds. The second kappa shape index (κ2) is 10.4. The molecule has 0 atom stereocenters. The normalized spacial score (nSPS) is 11.4. The maximum atomic E-state index is 13.5. The minimum atomic E-state index is -3.94. The second-order valence-electron chi connectivity index (χ2n) is 9.20. The lowest BCUT2D eigenvalue weighted by molar-refractivity contribution is 0.102. The van der Waals surface area contributed by atoms with Gasteiger partial charge in [0.2, 0.25) is 0 Å². The number of sulfonamides is 1. The molecule has 0 fully saturated rings. The topological polar surface area (TPSA) is 75.3 Å². The molecule has 0 saturated heterocycles. The molecule has 0 aromatic heterocycles. The molecule has 0 unspecified atom stereocenters. The van der Waals surface area contributed by atoms with Gasteiger partial charge in [0.15, 0.2) is 0 Å². The minimum Gasteiger partial charge on any atom is -0.321 e. The van der Waals surface area contributed by atoms with Crippen molar-refractivity contribution in [3.8, 4) is 11.1 Å². The summed E-state index contributed by atoms with van der Waals surface area (Å²) in [5.41, 5.74) is 5.72. The van der Waals surface area contributed by atoms with Crippen LogP contribution in [0.15, 0.2) is 95.9 Å². The highest BCUT2D eigenvalue weighted by Gasteiger charge is 2.23. The van der Waals surface area contributed by atoms with Crippen LogP contribution in [0.4, 0.5) is 11.4 Å². The van der Waals surface area contributed by atoms with Gasteiger partial charge in [0.25, 0.3) is 15.9 Å². The summed E-state index contributed by atoms with van der Waals surface area (Å²) in [7, 11) is -3.94. The Morgan fingerprint density at radius 3 is 2.19 bits per heavy atom. The van der Waals surface area contributed by atoms with E-state index in [1.807, 2.05) is 94.4 Å². The number of carbonyl (C=O) groups is 1. The van der Waals surface area contributed by atoms with E-state index >= 15 is 0 Å². The van der Waals surface area contributed by atoms with Crippen molar-refractivity contribution < 1.29 is 13.2 Å². The van der Waals surface area contributed by atoms with Gasteiger partial charge in [-0.1, -0.05) is 80.6 Å². The third-order valence-corrected chi connectivity index (χ3v) is 7.51. The Labute approximate surface area is 213 Å². The standard InChI is InChI=1S/C30H30N2O3S/c1-20(2)25-17-16-24(19-29(25)36(34,35)32-28-18-21(3)14-15-22(28)4)30(33)31-27-13-9-8-12-26(27)23-10-6-5-7-11-23/h5-20,32H,1-4H3,(H,31,33). The van der Waals surface area contributed by atoms with Gasteiger partial charge in [-0.3, -0.25) is 9.52 Å². The van der Waals surface area contributed by atoms with Crippen molar-refractivity contribution in [1.82, 2.24) is 0 Å². The zero-order chi connectivity index (χ0) is 25.9. The molecule has 0 radical (unpaired) electrons. The van der Waals surface area contributed by atoms with E-state index in [1.54, 1.807) is 18.2 Å². The first-order chi connectivity index (χ1) is 17.2. The van der Waals surface area contributed by atoms with Crippen LogP contribution in [0.3, 0.4) is 0 Å². The van der Waals surface area contributed by atoms with Crippen molar-refractivity contribution in [2.45, 2.75) is 38.5 Å². The molecule has 0 heterocycles. The van der Waals surface area contributed by atoms with Crippen LogP contribution in [-0.4, -0.2) is 14.3 Å². The largest absolute Gasteiger partial charge is 0.321 e. The predicted octanol–water partition coefficient (Wildman–Crippen LogP) is 7.15. The van der Waals surface area contributed by atoms with E-state index in [4.69, 9.17) is 0 Å². The average molecular weight is 499 g/mol. The minimum absolute atomic E-state index is 0.0499. The van der Waals surface area contributed by atoms with Crippen LogP contribution in [0, 0.1) is 13.8 Å². The van der Waals surface area contributed by atoms with Gasteiger partial charge in [-0.25, -0.2) is 8.42 Å². The van der Waals surface area contributed by atoms with E-state index < -0.39 is 10.0 Å². The molecule has 184 valence electrons. The van der Waals surface area contributed by atoms with E-state index in [2.05, 4.69) is 10.0 Å². The number of para-hydroxylation sites is 1. The SMILES string of the molecule is Cc1ccc(C)c(NS(=O)(=O)c2cc(C(=O)Nc3ccccc3-c3ccccc3)ccc2C(C)C)c1. The van der Waals surface area contributed by atoms with Gasteiger partial charge in [0.05, 0.1) is 10.6 Å². The Hall–Kier alpha value is -3.90. The lowest BCUT2D eigenvalue weighted by atomic mass is 10.0. The maximum absolute atomic E-state index is 13.5. The fourth-order valence-corrected chi connectivity index (χ4v) is 5.60. The molecule has 2 N–H and O–H groups in total. The van der Waals surface area contributed by atoms with Gasteiger partial charge in [0, 0.05) is 16.8 Å². The molecule has 0 aliphatic heterocycles. The molecular weight excluding hydrogens is 468 g/mol. The van der Waals surface area contributed by atoms with Crippen LogP contribution in [0.2, 0.25) is 0 Å². The molecule has 5 nitrogen and oxygen atoms in total. The van der Waals surface area contributed by atoms with Crippen LogP contribution in [0.25, 0.3) is 11.1 Å². The van der Waals surface area contributed by atoms with Crippen LogP contribution in [-0.2, 0) is 10.0 Å². The third-order valence-electron chi connectivity index (χ3n) is 6.08. The van der Waals surface area contributed by atoms with Crippen molar-refractivity contribution in [3.05, 3.63) is 113 Å². The summed E-state index contributed by atoms with van der Waals surface area (Å²) in [6.45, 7) is 7.63. The van der Waals surface area contributed by atoms with Crippen LogP contribution < -0.4 is 10.0 Å². The summed E-state index contributed by atoms with van der Waals surface area (Å²) in [6, 6.07) is 27.8. The molecular formula is C30H30N2O3S. The molecule has 4 rings (SSSR count). The number of nitrogens with one attached hydrogen (secondary N) is 2. The highest BCUT2D eigenvalue weighted by molar-refractivity contribution is 7.92. The summed E-state index contributed by atoms with van der Waals surface area (Å²) >= 11 is 0. The van der Waals surface area contributed by atoms with E-state index in [0.717, 1.165) is 22.3 Å². The number of aryl methyl sites for hydroxylation is 2. The first-order valence-corrected chi connectivity index (χ1v) is 13.3. The highest BCUT2D eigenvalue weighted by atomic mass is 32.2. The lowest BCUT2D eigenvalue weighted by Gasteiger charge is -2.18. The summed E-state index contributed by atoms with van der Waals surface area (Å²) in [6.07, 6.45) is 0. The lowest BCUT2D eigenvalue weighted by Crippen LogP contribution is -2.19. The number of rotatable bonds is 7. The van der Waals surface area contributed by atoms with Crippen LogP contribution >= 0.6 is 0 Å². The summed E-state index contributed by atoms with van der Waals surface area (Å²) in [5.74, 6) is -0.428. The quantitative estimate of drug-likeness (QED) is 0.284. The summed E-state index contributed by atoms with van der Waals surface area (Å²) in [5, 5.41) is 2.96. The van der Waals surface area contributed by atoms with Crippen molar-refractivity contribution in [2.75, 3.05) is 10.0 Å². The Morgan fingerprint density at radius 2 is 1.47 bits per heavy atom. The number of amides is 1. The highest BCUT2D eigenvalue weighted by Crippen LogP contribution is 2.30. The van der Waals surface area contributed by atoms with Crippen molar-refractivity contribution in [1.29, 1.82) is 0 Å². The number of hydrogen-bond donors (Lipinski definition) is 2. The maximum Gasteiger partial charge on any atom is 0.262 e. The number of anilines is 2. The smallest absolute Gasteiger partial charge is 0.262 e. The monoisotopic (exact) mass is 498 g/mol. The zero-order valence-electron chi connectivity index (χ0n) is 20.9. The van der Waals surface area contributed by atoms with Gasteiger partial charge < -0.3 is 5.32 Å². The molecule has 4 aromatic rings. The van der Waals surface area contributed by atoms with Gasteiger partial charge in [-0.05, 0) is 66.3 Å². The van der Waals surface area contributed by atoms with Crippen LogP contribution in [0.5, 0.6) is 0 Å². The molecule has 0 aliphatic carbocycles. The third kappa shape index (κ3) is 5.50. The molecule has 36 heavy (non-hydrogen) atoms. The molecule has 4 aromatic carbocycles. The summed E-state index contributed by atoms with van der Waals surface area (Å²) in [4.78, 5) is 13.4. The molecule has 0 spiro atoms. The van der Waals surface area contributed by atoms with E-state index in [-0.39, 0.29) is 22.3 Å².